The number of ether oxygens (including phenoxy) is 1. The van der Waals surface area contributed by atoms with Gasteiger partial charge in [0.2, 0.25) is 5.91 Å². The quantitative estimate of drug-likeness (QED) is 0.188. The highest BCUT2D eigenvalue weighted by molar-refractivity contribution is 6.06. The molecular weight excluding hydrogens is 585 g/mol. The van der Waals surface area contributed by atoms with Gasteiger partial charge < -0.3 is 25.0 Å². The van der Waals surface area contributed by atoms with E-state index < -0.39 is 11.5 Å². The molecular formula is C37H36FN3O5. The first kappa shape index (κ1) is 29.8. The Morgan fingerprint density at radius 2 is 1.74 bits per heavy atom. The minimum absolute atomic E-state index is 0.279. The third kappa shape index (κ3) is 5.55. The number of nitrogens with zero attached hydrogens (tertiary/aromatic N) is 1. The minimum atomic E-state index is -1.03. The van der Waals surface area contributed by atoms with Gasteiger partial charge in [0.1, 0.15) is 23.7 Å². The molecule has 2 amide bonds. The van der Waals surface area contributed by atoms with Crippen LogP contribution in [0.5, 0.6) is 5.75 Å². The number of amides is 2. The average molecular weight is 622 g/mol. The van der Waals surface area contributed by atoms with Crippen molar-refractivity contribution in [3.63, 3.8) is 0 Å². The van der Waals surface area contributed by atoms with Crippen molar-refractivity contribution in [3.05, 3.63) is 89.2 Å². The number of rotatable bonds is 7. The fourth-order valence-corrected chi connectivity index (χ4v) is 7.23. The largest absolute Gasteiger partial charge is 0.491 e. The van der Waals surface area contributed by atoms with Gasteiger partial charge in [0, 0.05) is 39.9 Å². The highest BCUT2D eigenvalue weighted by Crippen LogP contribution is 2.47. The number of anilines is 1. The molecule has 1 aliphatic heterocycles. The van der Waals surface area contributed by atoms with Gasteiger partial charge in [0.15, 0.2) is 0 Å². The topological polar surface area (TPSA) is 110 Å². The lowest BCUT2D eigenvalue weighted by molar-refractivity contribution is -0.131. The summed E-state index contributed by atoms with van der Waals surface area (Å²) >= 11 is 0. The van der Waals surface area contributed by atoms with E-state index in [1.807, 2.05) is 18.2 Å². The number of hydrogen-bond donors (Lipinski definition) is 3. The molecule has 8 nitrogen and oxygen atoms in total. The lowest BCUT2D eigenvalue weighted by atomic mass is 9.75. The number of carboxylic acid groups (broad SMARTS) is 1. The van der Waals surface area contributed by atoms with Crippen molar-refractivity contribution in [2.24, 2.45) is 0 Å². The molecule has 0 spiro atoms. The zero-order chi connectivity index (χ0) is 31.8. The fourth-order valence-electron chi connectivity index (χ4n) is 7.23. The van der Waals surface area contributed by atoms with Crippen LogP contribution in [0.2, 0.25) is 0 Å². The molecule has 0 radical (unpaired) electrons. The standard InChI is InChI=1S/C37H36FN3O5/c38-26-11-15-29-31(22-26)46-20-19-41-30-21-25(10-14-28(30)33(34(29)41)24-5-2-1-3-6-24)35(44)40-37(17-4-18-37)36(45)39-27-12-7-23(8-13-27)9-16-32(42)43/h7-16,21-22,24H,1-6,17-20H2,(H,39,45)(H,40,44)(H,42,43). The molecule has 0 bridgehead atoms. The van der Waals surface area contributed by atoms with Crippen molar-refractivity contribution in [1.82, 2.24) is 9.88 Å². The van der Waals surface area contributed by atoms with Crippen molar-refractivity contribution >= 4 is 40.4 Å². The maximum atomic E-state index is 14.2. The van der Waals surface area contributed by atoms with Crippen LogP contribution in [0.25, 0.3) is 28.2 Å². The molecule has 0 atom stereocenters. The summed E-state index contributed by atoms with van der Waals surface area (Å²) in [5.74, 6) is -1.05. The highest BCUT2D eigenvalue weighted by Gasteiger charge is 2.45. The molecule has 7 rings (SSSR count). The number of halogens is 1. The van der Waals surface area contributed by atoms with Crippen LogP contribution in [-0.4, -0.2) is 39.6 Å². The van der Waals surface area contributed by atoms with Gasteiger partial charge in [-0.3, -0.25) is 9.59 Å². The van der Waals surface area contributed by atoms with Crippen LogP contribution in [0, 0.1) is 5.82 Å². The third-order valence-electron chi connectivity index (χ3n) is 9.73. The monoisotopic (exact) mass is 621 g/mol. The normalized spacial score (nSPS) is 17.3. The Morgan fingerprint density at radius 1 is 0.957 bits per heavy atom. The maximum Gasteiger partial charge on any atom is 0.328 e. The Morgan fingerprint density at radius 3 is 2.46 bits per heavy atom. The van der Waals surface area contributed by atoms with Crippen LogP contribution in [0.4, 0.5) is 10.1 Å². The summed E-state index contributed by atoms with van der Waals surface area (Å²) in [4.78, 5) is 38.1. The lowest BCUT2D eigenvalue weighted by Gasteiger charge is -2.40. The van der Waals surface area contributed by atoms with Gasteiger partial charge in [0.05, 0.1) is 12.2 Å². The Bertz CT molecular complexity index is 1870. The van der Waals surface area contributed by atoms with E-state index in [2.05, 4.69) is 15.2 Å². The summed E-state index contributed by atoms with van der Waals surface area (Å²) in [6.07, 6.45) is 10.2. The first-order chi connectivity index (χ1) is 22.3. The molecule has 46 heavy (non-hydrogen) atoms. The number of aliphatic carboxylic acids is 1. The van der Waals surface area contributed by atoms with Crippen LogP contribution in [0.3, 0.4) is 0 Å². The zero-order valence-electron chi connectivity index (χ0n) is 25.5. The molecule has 236 valence electrons. The van der Waals surface area contributed by atoms with Crippen LogP contribution in [-0.2, 0) is 16.1 Å². The minimum Gasteiger partial charge on any atom is -0.491 e. The third-order valence-corrected chi connectivity index (χ3v) is 9.73. The average Bonchev–Trinajstić information content (AvgIpc) is 3.24. The van der Waals surface area contributed by atoms with E-state index in [4.69, 9.17) is 9.84 Å². The number of carbonyl (C=O) groups is 3. The summed E-state index contributed by atoms with van der Waals surface area (Å²) in [5, 5.41) is 15.9. The molecule has 4 aromatic rings. The number of carbonyl (C=O) groups excluding carboxylic acids is 2. The van der Waals surface area contributed by atoms with E-state index >= 15 is 0 Å². The van der Waals surface area contributed by atoms with Crippen LogP contribution >= 0.6 is 0 Å². The van der Waals surface area contributed by atoms with Gasteiger partial charge in [-0.05, 0) is 91.6 Å². The second-order valence-electron chi connectivity index (χ2n) is 12.6. The van der Waals surface area contributed by atoms with Gasteiger partial charge >= 0.3 is 5.97 Å². The Kier molecular flexibility index (Phi) is 7.84. The predicted molar refractivity (Wildman–Crippen MR) is 174 cm³/mol. The van der Waals surface area contributed by atoms with Crippen molar-refractivity contribution in [2.45, 2.75) is 69.4 Å². The summed E-state index contributed by atoms with van der Waals surface area (Å²) in [5.41, 5.74) is 4.82. The molecule has 2 saturated carbocycles. The first-order valence-corrected chi connectivity index (χ1v) is 16.1. The number of hydrogen-bond acceptors (Lipinski definition) is 4. The van der Waals surface area contributed by atoms with Gasteiger partial charge in [0.25, 0.3) is 5.91 Å². The second kappa shape index (κ2) is 12.1. The van der Waals surface area contributed by atoms with E-state index in [0.29, 0.717) is 54.5 Å². The van der Waals surface area contributed by atoms with E-state index in [1.54, 1.807) is 30.3 Å². The molecule has 3 aliphatic rings. The molecule has 9 heteroatoms. The predicted octanol–water partition coefficient (Wildman–Crippen LogP) is 7.28. The Labute approximate surface area is 266 Å². The van der Waals surface area contributed by atoms with Gasteiger partial charge in [-0.2, -0.15) is 0 Å². The zero-order valence-corrected chi connectivity index (χ0v) is 25.5. The summed E-state index contributed by atoms with van der Waals surface area (Å²) < 4.78 is 22.5. The molecule has 2 fully saturated rings. The molecule has 3 aromatic carbocycles. The van der Waals surface area contributed by atoms with E-state index in [-0.39, 0.29) is 17.6 Å². The summed E-state index contributed by atoms with van der Waals surface area (Å²) in [6, 6.07) is 17.4. The van der Waals surface area contributed by atoms with Gasteiger partial charge in [-0.15, -0.1) is 0 Å². The highest BCUT2D eigenvalue weighted by atomic mass is 19.1. The van der Waals surface area contributed by atoms with Crippen molar-refractivity contribution < 1.29 is 28.6 Å². The van der Waals surface area contributed by atoms with Crippen molar-refractivity contribution in [2.75, 3.05) is 11.9 Å². The summed E-state index contributed by atoms with van der Waals surface area (Å²) in [7, 11) is 0. The number of benzene rings is 3. The summed E-state index contributed by atoms with van der Waals surface area (Å²) in [6.45, 7) is 0.949. The molecule has 0 saturated heterocycles. The number of aromatic nitrogens is 1. The molecule has 2 aliphatic carbocycles. The van der Waals surface area contributed by atoms with Crippen LogP contribution in [0.15, 0.2) is 66.7 Å². The number of nitrogens with one attached hydrogen (secondary N) is 2. The van der Waals surface area contributed by atoms with Crippen molar-refractivity contribution in [3.8, 4) is 17.0 Å². The van der Waals surface area contributed by atoms with E-state index in [1.165, 1.54) is 43.0 Å². The molecule has 2 heterocycles. The first-order valence-electron chi connectivity index (χ1n) is 16.1. The smallest absolute Gasteiger partial charge is 0.328 e. The number of carboxylic acids is 1. The molecule has 1 aromatic heterocycles. The van der Waals surface area contributed by atoms with Gasteiger partial charge in [-0.1, -0.05) is 37.5 Å². The second-order valence-corrected chi connectivity index (χ2v) is 12.6. The van der Waals surface area contributed by atoms with Crippen LogP contribution < -0.4 is 15.4 Å². The fraction of sp³-hybridized carbons (Fsp3) is 0.324. The Hall–Kier alpha value is -4.92. The van der Waals surface area contributed by atoms with E-state index in [0.717, 1.165) is 47.5 Å². The number of fused-ring (bicyclic) bond motifs is 5. The van der Waals surface area contributed by atoms with Gasteiger partial charge in [-0.25, -0.2) is 9.18 Å². The Balaban J connectivity index is 1.19. The molecule has 3 N–H and O–H groups in total. The maximum absolute atomic E-state index is 14.2. The van der Waals surface area contributed by atoms with E-state index in [9.17, 15) is 18.8 Å². The molecule has 0 unspecified atom stereocenters. The SMILES string of the molecule is O=C(O)C=Cc1ccc(NC(=O)C2(NC(=O)c3ccc4c(C5CCCCC5)c5n(c4c3)CCOc3cc(F)ccc3-5)CCC2)cc1. The van der Waals surface area contributed by atoms with Crippen molar-refractivity contribution in [1.29, 1.82) is 0 Å². The lowest BCUT2D eigenvalue weighted by Crippen LogP contribution is -2.61. The van der Waals surface area contributed by atoms with Crippen LogP contribution in [0.1, 0.15) is 78.8 Å².